The van der Waals surface area contributed by atoms with Crippen LogP contribution in [-0.4, -0.2) is 41.2 Å². The number of aromatic nitrogens is 2. The van der Waals surface area contributed by atoms with Crippen LogP contribution in [0.15, 0.2) is 6.33 Å². The molecule has 0 spiro atoms. The molecule has 2 N–H and O–H groups in total. The van der Waals surface area contributed by atoms with Gasteiger partial charge < -0.3 is 15.4 Å². The number of nitrogens with one attached hydrogen (secondary N) is 2. The Kier molecular flexibility index (Phi) is 7.40. The van der Waals surface area contributed by atoms with Crippen molar-refractivity contribution in [3.05, 3.63) is 6.33 Å². The van der Waals surface area contributed by atoms with E-state index in [4.69, 9.17) is 4.74 Å². The summed E-state index contributed by atoms with van der Waals surface area (Å²) in [6, 6.07) is 0.359. The second kappa shape index (κ2) is 8.85. The van der Waals surface area contributed by atoms with Crippen LogP contribution in [0.1, 0.15) is 27.2 Å². The lowest BCUT2D eigenvalue weighted by Crippen LogP contribution is -2.18. The third kappa shape index (κ3) is 5.14. The van der Waals surface area contributed by atoms with Crippen molar-refractivity contribution in [3.8, 4) is 5.75 Å². The first kappa shape index (κ1) is 15.9. The monoisotopic (exact) mass is 284 g/mol. The van der Waals surface area contributed by atoms with Gasteiger partial charge in [-0.05, 0) is 31.8 Å². The second-order valence-corrected chi connectivity index (χ2v) is 5.56. The van der Waals surface area contributed by atoms with E-state index in [1.165, 1.54) is 0 Å². The number of ether oxygens (including phenoxy) is 1. The van der Waals surface area contributed by atoms with E-state index in [9.17, 15) is 0 Å². The highest BCUT2D eigenvalue weighted by atomic mass is 32.2. The third-order valence-corrected chi connectivity index (χ3v) is 3.57. The molecular formula is C13H24N4OS. The van der Waals surface area contributed by atoms with Gasteiger partial charge in [-0.15, -0.1) is 0 Å². The Bertz CT molecular complexity index is 376. The van der Waals surface area contributed by atoms with Gasteiger partial charge in [-0.25, -0.2) is 9.97 Å². The molecule has 0 saturated heterocycles. The number of methoxy groups -OCH3 is 1. The highest BCUT2D eigenvalue weighted by molar-refractivity contribution is 7.99. The fraction of sp³-hybridized carbons (Fsp3) is 0.692. The number of anilines is 2. The van der Waals surface area contributed by atoms with Gasteiger partial charge >= 0.3 is 0 Å². The van der Waals surface area contributed by atoms with Gasteiger partial charge in [-0.1, -0.05) is 6.92 Å². The van der Waals surface area contributed by atoms with E-state index in [0.717, 1.165) is 36.1 Å². The Hall–Kier alpha value is -1.17. The molecule has 0 bridgehead atoms. The molecule has 0 amide bonds. The van der Waals surface area contributed by atoms with Crippen molar-refractivity contribution in [2.24, 2.45) is 0 Å². The van der Waals surface area contributed by atoms with E-state index >= 15 is 0 Å². The molecule has 1 heterocycles. The summed E-state index contributed by atoms with van der Waals surface area (Å²) in [6.45, 7) is 7.17. The Morgan fingerprint density at radius 2 is 2.05 bits per heavy atom. The largest absolute Gasteiger partial charge is 0.490 e. The molecule has 6 heteroatoms. The van der Waals surface area contributed by atoms with Crippen LogP contribution in [0.5, 0.6) is 5.75 Å². The van der Waals surface area contributed by atoms with Gasteiger partial charge in [0.2, 0.25) is 5.75 Å². The van der Waals surface area contributed by atoms with Crippen molar-refractivity contribution in [2.45, 2.75) is 33.2 Å². The van der Waals surface area contributed by atoms with Gasteiger partial charge in [0.1, 0.15) is 6.33 Å². The zero-order valence-electron chi connectivity index (χ0n) is 12.2. The van der Waals surface area contributed by atoms with Crippen LogP contribution < -0.4 is 15.4 Å². The zero-order valence-corrected chi connectivity index (χ0v) is 13.0. The average molecular weight is 284 g/mol. The zero-order chi connectivity index (χ0) is 14.1. The summed E-state index contributed by atoms with van der Waals surface area (Å²) in [7, 11) is 1.64. The minimum atomic E-state index is 0.359. The van der Waals surface area contributed by atoms with Gasteiger partial charge in [-0.3, -0.25) is 0 Å². The molecule has 0 radical (unpaired) electrons. The van der Waals surface area contributed by atoms with Crippen LogP contribution in [-0.2, 0) is 0 Å². The van der Waals surface area contributed by atoms with E-state index in [2.05, 4.69) is 34.4 Å². The molecule has 1 unspecified atom stereocenters. The maximum atomic E-state index is 5.40. The summed E-state index contributed by atoms with van der Waals surface area (Å²) in [6.07, 6.45) is 2.65. The molecule has 5 nitrogen and oxygen atoms in total. The Morgan fingerprint density at radius 3 is 2.68 bits per heavy atom. The van der Waals surface area contributed by atoms with Crippen molar-refractivity contribution in [1.82, 2.24) is 9.97 Å². The van der Waals surface area contributed by atoms with E-state index < -0.39 is 0 Å². The van der Waals surface area contributed by atoms with Crippen molar-refractivity contribution in [3.63, 3.8) is 0 Å². The molecule has 1 rings (SSSR count). The third-order valence-electron chi connectivity index (χ3n) is 2.63. The maximum Gasteiger partial charge on any atom is 0.204 e. The molecule has 1 atom stereocenters. The predicted octanol–water partition coefficient (Wildman–Crippen LogP) is 2.86. The fourth-order valence-electron chi connectivity index (χ4n) is 1.67. The first-order valence-corrected chi connectivity index (χ1v) is 7.85. The van der Waals surface area contributed by atoms with Crippen LogP contribution in [0.2, 0.25) is 0 Å². The van der Waals surface area contributed by atoms with Crippen molar-refractivity contribution < 1.29 is 4.74 Å². The van der Waals surface area contributed by atoms with Crippen LogP contribution in [0.3, 0.4) is 0 Å². The Balaban J connectivity index is 2.68. The lowest BCUT2D eigenvalue weighted by Gasteiger charge is -2.17. The van der Waals surface area contributed by atoms with Crippen LogP contribution in [0.4, 0.5) is 11.6 Å². The topological polar surface area (TPSA) is 59.1 Å². The molecule has 108 valence electrons. The number of nitrogens with zero attached hydrogens (tertiary/aromatic N) is 2. The molecule has 0 saturated carbocycles. The van der Waals surface area contributed by atoms with E-state index in [1.54, 1.807) is 13.4 Å². The van der Waals surface area contributed by atoms with E-state index in [-0.39, 0.29) is 0 Å². The Morgan fingerprint density at radius 1 is 1.32 bits per heavy atom. The average Bonchev–Trinajstić information content (AvgIpc) is 2.40. The predicted molar refractivity (Wildman–Crippen MR) is 83.4 cm³/mol. The molecule has 0 aliphatic heterocycles. The standard InChI is InChI=1S/C13H24N4OS/c1-5-14-12-11(18-4)13(16-9-15-12)17-10(3)7-8-19-6-2/h9-10H,5-8H2,1-4H3,(H2,14,15,16,17). The minimum Gasteiger partial charge on any atom is -0.490 e. The van der Waals surface area contributed by atoms with Crippen molar-refractivity contribution in [1.29, 1.82) is 0 Å². The summed E-state index contributed by atoms with van der Waals surface area (Å²) in [4.78, 5) is 8.46. The number of hydrogen-bond donors (Lipinski definition) is 2. The molecule has 1 aromatic heterocycles. The summed E-state index contributed by atoms with van der Waals surface area (Å²) < 4.78 is 5.40. The molecule has 0 aromatic carbocycles. The van der Waals surface area contributed by atoms with E-state index in [0.29, 0.717) is 11.8 Å². The SMILES string of the molecule is CCNc1ncnc(NC(C)CCSCC)c1OC. The lowest BCUT2D eigenvalue weighted by molar-refractivity contribution is 0.414. The molecule has 0 aliphatic carbocycles. The van der Waals surface area contributed by atoms with Gasteiger partial charge in [0.15, 0.2) is 11.6 Å². The van der Waals surface area contributed by atoms with Crippen LogP contribution in [0, 0.1) is 0 Å². The van der Waals surface area contributed by atoms with Gasteiger partial charge in [0.25, 0.3) is 0 Å². The molecule has 1 aromatic rings. The fourth-order valence-corrected chi connectivity index (χ4v) is 2.48. The normalized spacial score (nSPS) is 12.0. The maximum absolute atomic E-state index is 5.40. The van der Waals surface area contributed by atoms with Gasteiger partial charge in [0.05, 0.1) is 7.11 Å². The van der Waals surface area contributed by atoms with Crippen molar-refractivity contribution in [2.75, 3.05) is 35.8 Å². The quantitative estimate of drug-likeness (QED) is 0.680. The van der Waals surface area contributed by atoms with Crippen LogP contribution >= 0.6 is 11.8 Å². The van der Waals surface area contributed by atoms with Crippen LogP contribution in [0.25, 0.3) is 0 Å². The summed E-state index contributed by atoms with van der Waals surface area (Å²) >= 11 is 1.95. The number of hydrogen-bond acceptors (Lipinski definition) is 6. The Labute approximate surface area is 119 Å². The smallest absolute Gasteiger partial charge is 0.204 e. The first-order chi connectivity index (χ1) is 9.22. The number of thioether (sulfide) groups is 1. The van der Waals surface area contributed by atoms with E-state index in [1.807, 2.05) is 18.7 Å². The summed E-state index contributed by atoms with van der Waals surface area (Å²) in [5, 5.41) is 6.56. The van der Waals surface area contributed by atoms with Gasteiger partial charge in [0, 0.05) is 12.6 Å². The molecular weight excluding hydrogens is 260 g/mol. The first-order valence-electron chi connectivity index (χ1n) is 6.70. The lowest BCUT2D eigenvalue weighted by atomic mass is 10.2. The second-order valence-electron chi connectivity index (χ2n) is 4.17. The molecule has 0 aliphatic rings. The number of rotatable bonds is 9. The summed E-state index contributed by atoms with van der Waals surface area (Å²) in [5.74, 6) is 4.48. The minimum absolute atomic E-state index is 0.359. The van der Waals surface area contributed by atoms with Gasteiger partial charge in [-0.2, -0.15) is 11.8 Å². The summed E-state index contributed by atoms with van der Waals surface area (Å²) in [5.41, 5.74) is 0. The molecule has 0 fully saturated rings. The highest BCUT2D eigenvalue weighted by Crippen LogP contribution is 2.29. The van der Waals surface area contributed by atoms with Crippen molar-refractivity contribution >= 4 is 23.4 Å². The molecule has 19 heavy (non-hydrogen) atoms. The highest BCUT2D eigenvalue weighted by Gasteiger charge is 2.13.